The van der Waals surface area contributed by atoms with Crippen LogP contribution in [0.15, 0.2) is 18.2 Å². The molecule has 1 aromatic carbocycles. The molecule has 1 fully saturated rings. The molecule has 112 valence electrons. The number of hydrogen-bond donors (Lipinski definition) is 2. The van der Waals surface area contributed by atoms with E-state index in [1.807, 2.05) is 19.1 Å². The standard InChI is InChI=1S/C17H21NO3/c1-13-6-7-15(14(11-13)5-3-4-10-19)16(20)18-9-8-17(2,21)12-18/h6-7,11,19,21H,4,8-10,12H2,1-2H3. The molecular weight excluding hydrogens is 266 g/mol. The van der Waals surface area contributed by atoms with Gasteiger partial charge in [0.05, 0.1) is 17.8 Å². The van der Waals surface area contributed by atoms with E-state index in [0.29, 0.717) is 37.1 Å². The lowest BCUT2D eigenvalue weighted by Crippen LogP contribution is -2.34. The van der Waals surface area contributed by atoms with Crippen molar-refractivity contribution in [2.75, 3.05) is 19.7 Å². The third kappa shape index (κ3) is 3.84. The molecule has 1 atom stereocenters. The van der Waals surface area contributed by atoms with Crippen molar-refractivity contribution in [2.24, 2.45) is 0 Å². The summed E-state index contributed by atoms with van der Waals surface area (Å²) in [5.74, 6) is 5.72. The van der Waals surface area contributed by atoms with Gasteiger partial charge >= 0.3 is 0 Å². The third-order valence-corrected chi connectivity index (χ3v) is 3.60. The van der Waals surface area contributed by atoms with E-state index in [-0.39, 0.29) is 12.5 Å². The average molecular weight is 287 g/mol. The zero-order valence-corrected chi connectivity index (χ0v) is 12.5. The molecule has 0 saturated carbocycles. The van der Waals surface area contributed by atoms with E-state index in [4.69, 9.17) is 5.11 Å². The van der Waals surface area contributed by atoms with E-state index in [1.165, 1.54) is 0 Å². The molecule has 1 aliphatic heterocycles. The van der Waals surface area contributed by atoms with Crippen LogP contribution in [0.3, 0.4) is 0 Å². The molecule has 1 heterocycles. The largest absolute Gasteiger partial charge is 0.395 e. The minimum atomic E-state index is -0.802. The van der Waals surface area contributed by atoms with Gasteiger partial charge in [-0.1, -0.05) is 17.9 Å². The first-order valence-corrected chi connectivity index (χ1v) is 7.15. The second kappa shape index (κ2) is 6.30. The first-order valence-electron chi connectivity index (χ1n) is 7.15. The SMILES string of the molecule is Cc1ccc(C(=O)N2CCC(C)(O)C2)c(C#CCCO)c1. The minimum Gasteiger partial charge on any atom is -0.395 e. The smallest absolute Gasteiger partial charge is 0.255 e. The Hall–Kier alpha value is -1.83. The van der Waals surface area contributed by atoms with Crippen molar-refractivity contribution in [3.8, 4) is 11.8 Å². The van der Waals surface area contributed by atoms with Crippen molar-refractivity contribution in [3.05, 3.63) is 34.9 Å². The van der Waals surface area contributed by atoms with Gasteiger partial charge in [0, 0.05) is 25.1 Å². The number of amides is 1. The molecule has 0 aromatic heterocycles. The monoisotopic (exact) mass is 287 g/mol. The Balaban J connectivity index is 2.27. The zero-order chi connectivity index (χ0) is 15.5. The number of carbonyl (C=O) groups is 1. The van der Waals surface area contributed by atoms with Crippen molar-refractivity contribution < 1.29 is 15.0 Å². The number of aliphatic hydroxyl groups is 2. The Bertz CT molecular complexity index is 596. The van der Waals surface area contributed by atoms with Crippen LogP contribution in [0.25, 0.3) is 0 Å². The van der Waals surface area contributed by atoms with Gasteiger partial charge in [-0.05, 0) is 38.0 Å². The Morgan fingerprint density at radius 2 is 2.24 bits per heavy atom. The number of carbonyl (C=O) groups excluding carboxylic acids is 1. The molecule has 1 aliphatic rings. The Morgan fingerprint density at radius 3 is 2.86 bits per heavy atom. The Kier molecular flexibility index (Phi) is 4.66. The normalized spacial score (nSPS) is 21.0. The van der Waals surface area contributed by atoms with Gasteiger partial charge in [-0.3, -0.25) is 4.79 Å². The lowest BCUT2D eigenvalue weighted by Gasteiger charge is -2.19. The molecule has 4 heteroatoms. The van der Waals surface area contributed by atoms with Crippen LogP contribution in [0.2, 0.25) is 0 Å². The summed E-state index contributed by atoms with van der Waals surface area (Å²) >= 11 is 0. The fourth-order valence-electron chi connectivity index (χ4n) is 2.45. The first-order chi connectivity index (χ1) is 9.93. The van der Waals surface area contributed by atoms with Gasteiger partial charge in [-0.15, -0.1) is 0 Å². The highest BCUT2D eigenvalue weighted by Crippen LogP contribution is 2.23. The molecule has 1 saturated heterocycles. The van der Waals surface area contributed by atoms with E-state index in [9.17, 15) is 9.90 Å². The number of nitrogens with zero attached hydrogens (tertiary/aromatic N) is 1. The number of hydrogen-bond acceptors (Lipinski definition) is 3. The molecule has 1 unspecified atom stereocenters. The molecule has 0 radical (unpaired) electrons. The van der Waals surface area contributed by atoms with Crippen molar-refractivity contribution in [3.63, 3.8) is 0 Å². The highest BCUT2D eigenvalue weighted by Gasteiger charge is 2.34. The molecule has 21 heavy (non-hydrogen) atoms. The minimum absolute atomic E-state index is 0.0110. The molecule has 2 N–H and O–H groups in total. The fraction of sp³-hybridized carbons (Fsp3) is 0.471. The highest BCUT2D eigenvalue weighted by molar-refractivity contribution is 5.97. The van der Waals surface area contributed by atoms with E-state index in [0.717, 1.165) is 5.56 Å². The van der Waals surface area contributed by atoms with Crippen molar-refractivity contribution in [1.29, 1.82) is 0 Å². The van der Waals surface area contributed by atoms with Gasteiger partial charge in [0.2, 0.25) is 0 Å². The van der Waals surface area contributed by atoms with Gasteiger partial charge in [-0.25, -0.2) is 0 Å². The van der Waals surface area contributed by atoms with Crippen molar-refractivity contribution in [2.45, 2.75) is 32.3 Å². The van der Waals surface area contributed by atoms with Crippen molar-refractivity contribution >= 4 is 5.91 Å². The third-order valence-electron chi connectivity index (χ3n) is 3.60. The second-order valence-electron chi connectivity index (χ2n) is 5.80. The summed E-state index contributed by atoms with van der Waals surface area (Å²) < 4.78 is 0. The van der Waals surface area contributed by atoms with Gasteiger partial charge in [0.1, 0.15) is 0 Å². The van der Waals surface area contributed by atoms with Crippen LogP contribution < -0.4 is 0 Å². The summed E-state index contributed by atoms with van der Waals surface area (Å²) in [7, 11) is 0. The van der Waals surface area contributed by atoms with E-state index in [2.05, 4.69) is 11.8 Å². The molecule has 1 amide bonds. The number of aliphatic hydroxyl groups excluding tert-OH is 1. The number of likely N-dealkylation sites (tertiary alicyclic amines) is 1. The highest BCUT2D eigenvalue weighted by atomic mass is 16.3. The second-order valence-corrected chi connectivity index (χ2v) is 5.80. The summed E-state index contributed by atoms with van der Waals surface area (Å²) in [6.07, 6.45) is 0.982. The first kappa shape index (κ1) is 15.6. The number of benzene rings is 1. The fourth-order valence-corrected chi connectivity index (χ4v) is 2.45. The maximum Gasteiger partial charge on any atom is 0.255 e. The van der Waals surface area contributed by atoms with Crippen LogP contribution in [0.4, 0.5) is 0 Å². The van der Waals surface area contributed by atoms with E-state index < -0.39 is 5.60 Å². The van der Waals surface area contributed by atoms with Crippen LogP contribution in [-0.2, 0) is 0 Å². The summed E-state index contributed by atoms with van der Waals surface area (Å²) in [5.41, 5.74) is 1.47. The van der Waals surface area contributed by atoms with Gasteiger partial charge in [0.15, 0.2) is 0 Å². The lowest BCUT2D eigenvalue weighted by molar-refractivity contribution is 0.0572. The maximum atomic E-state index is 12.6. The van der Waals surface area contributed by atoms with Gasteiger partial charge in [0.25, 0.3) is 5.91 Å². The quantitative estimate of drug-likeness (QED) is 0.807. The number of β-amino-alcohol motifs (C(OH)–C–C–N with tert-alkyl or cyclic N) is 1. The average Bonchev–Trinajstić information content (AvgIpc) is 2.79. The predicted molar refractivity (Wildman–Crippen MR) is 80.9 cm³/mol. The summed E-state index contributed by atoms with van der Waals surface area (Å²) in [6.45, 7) is 4.62. The molecule has 0 spiro atoms. The molecule has 0 bridgehead atoms. The van der Waals surface area contributed by atoms with Crippen LogP contribution >= 0.6 is 0 Å². The molecule has 0 aliphatic carbocycles. The summed E-state index contributed by atoms with van der Waals surface area (Å²) in [4.78, 5) is 14.3. The molecule has 1 aromatic rings. The molecule has 4 nitrogen and oxygen atoms in total. The van der Waals surface area contributed by atoms with Crippen LogP contribution in [-0.4, -0.2) is 46.3 Å². The molecular formula is C17H21NO3. The molecule has 2 rings (SSSR count). The Morgan fingerprint density at radius 1 is 1.48 bits per heavy atom. The van der Waals surface area contributed by atoms with Crippen LogP contribution in [0.1, 0.15) is 41.3 Å². The van der Waals surface area contributed by atoms with Crippen molar-refractivity contribution in [1.82, 2.24) is 4.90 Å². The van der Waals surface area contributed by atoms with E-state index in [1.54, 1.807) is 17.9 Å². The Labute approximate surface area is 125 Å². The number of aryl methyl sites for hydroxylation is 1. The van der Waals surface area contributed by atoms with Crippen LogP contribution in [0.5, 0.6) is 0 Å². The van der Waals surface area contributed by atoms with E-state index >= 15 is 0 Å². The lowest BCUT2D eigenvalue weighted by atomic mass is 10.0. The zero-order valence-electron chi connectivity index (χ0n) is 12.5. The topological polar surface area (TPSA) is 60.8 Å². The van der Waals surface area contributed by atoms with Crippen LogP contribution in [0, 0.1) is 18.8 Å². The number of rotatable bonds is 2. The maximum absolute atomic E-state index is 12.6. The van der Waals surface area contributed by atoms with Gasteiger partial charge in [-0.2, -0.15) is 0 Å². The van der Waals surface area contributed by atoms with Gasteiger partial charge < -0.3 is 15.1 Å². The summed E-state index contributed by atoms with van der Waals surface area (Å²) in [6, 6.07) is 5.55. The predicted octanol–water partition coefficient (Wildman–Crippen LogP) is 1.33. The summed E-state index contributed by atoms with van der Waals surface area (Å²) in [5, 5.41) is 18.8.